The van der Waals surface area contributed by atoms with Gasteiger partial charge >= 0.3 is 0 Å². The van der Waals surface area contributed by atoms with E-state index in [2.05, 4.69) is 10.6 Å². The fraction of sp³-hybridized carbons (Fsp3) is 0.0714. The molecule has 0 fully saturated rings. The molecule has 4 aromatic rings. The molecule has 0 aliphatic rings. The molecule has 0 bridgehead atoms. The van der Waals surface area contributed by atoms with Crippen LogP contribution in [0.5, 0.6) is 11.5 Å². The zero-order valence-electron chi connectivity index (χ0n) is 19.1. The number of carbonyl (C=O) groups excluding carboxylic acids is 2. The third-order valence-corrected chi connectivity index (χ3v) is 5.83. The summed E-state index contributed by atoms with van der Waals surface area (Å²) in [5.74, 6) is 0.638. The number of anilines is 2. The number of rotatable bonds is 6. The van der Waals surface area contributed by atoms with E-state index in [1.54, 1.807) is 72.8 Å². The van der Waals surface area contributed by atoms with Crippen molar-refractivity contribution in [2.45, 2.75) is 13.8 Å². The van der Waals surface area contributed by atoms with Crippen molar-refractivity contribution in [3.05, 3.63) is 117 Å². The molecule has 0 aliphatic heterocycles. The van der Waals surface area contributed by atoms with Gasteiger partial charge in [-0.15, -0.1) is 0 Å². The third kappa shape index (κ3) is 6.21. The monoisotopic (exact) mass is 504 g/mol. The lowest BCUT2D eigenvalue weighted by Gasteiger charge is -2.11. The minimum absolute atomic E-state index is 0.243. The maximum Gasteiger partial charge on any atom is 0.255 e. The summed E-state index contributed by atoms with van der Waals surface area (Å²) in [6.07, 6.45) is 0. The topological polar surface area (TPSA) is 67.4 Å². The highest BCUT2D eigenvalue weighted by molar-refractivity contribution is 6.31. The van der Waals surface area contributed by atoms with Gasteiger partial charge in [-0.2, -0.15) is 0 Å². The summed E-state index contributed by atoms with van der Waals surface area (Å²) in [4.78, 5) is 25.2. The lowest BCUT2D eigenvalue weighted by molar-refractivity contribution is 0.101. The smallest absolute Gasteiger partial charge is 0.255 e. The Morgan fingerprint density at radius 3 is 1.34 bits per heavy atom. The van der Waals surface area contributed by atoms with Gasteiger partial charge in [0.25, 0.3) is 11.8 Å². The van der Waals surface area contributed by atoms with Crippen LogP contribution in [0.25, 0.3) is 0 Å². The maximum atomic E-state index is 12.6. The van der Waals surface area contributed by atoms with E-state index in [9.17, 15) is 9.59 Å². The van der Waals surface area contributed by atoms with E-state index in [1.807, 2.05) is 26.0 Å². The highest BCUT2D eigenvalue weighted by atomic mass is 35.5. The van der Waals surface area contributed by atoms with Crippen molar-refractivity contribution >= 4 is 46.4 Å². The molecule has 0 aliphatic carbocycles. The molecule has 0 radical (unpaired) electrons. The molecule has 176 valence electrons. The molecule has 5 nitrogen and oxygen atoms in total. The molecule has 7 heteroatoms. The molecule has 0 unspecified atom stereocenters. The van der Waals surface area contributed by atoms with Gasteiger partial charge in [-0.3, -0.25) is 9.59 Å². The molecular weight excluding hydrogens is 483 g/mol. The van der Waals surface area contributed by atoms with Crippen molar-refractivity contribution in [2.24, 2.45) is 0 Å². The van der Waals surface area contributed by atoms with E-state index in [4.69, 9.17) is 27.9 Å². The van der Waals surface area contributed by atoms with Crippen molar-refractivity contribution in [1.82, 2.24) is 0 Å². The third-order valence-electron chi connectivity index (χ3n) is 5.36. The van der Waals surface area contributed by atoms with Gasteiger partial charge in [-0.25, -0.2) is 0 Å². The van der Waals surface area contributed by atoms with Crippen molar-refractivity contribution in [1.29, 1.82) is 0 Å². The first-order valence-electron chi connectivity index (χ1n) is 10.8. The first-order valence-corrected chi connectivity index (χ1v) is 11.6. The predicted octanol–water partition coefficient (Wildman–Crippen LogP) is 7.91. The number of ether oxygens (including phenoxy) is 1. The molecule has 0 spiro atoms. The van der Waals surface area contributed by atoms with Gasteiger partial charge in [0.2, 0.25) is 0 Å². The summed E-state index contributed by atoms with van der Waals surface area (Å²) in [5.41, 5.74) is 4.14. The molecule has 0 heterocycles. The van der Waals surface area contributed by atoms with Crippen LogP contribution in [0.4, 0.5) is 11.4 Å². The van der Waals surface area contributed by atoms with Crippen LogP contribution in [0.15, 0.2) is 84.9 Å². The Morgan fingerprint density at radius 2 is 0.971 bits per heavy atom. The van der Waals surface area contributed by atoms with E-state index in [0.717, 1.165) is 11.1 Å². The number of hydrogen-bond acceptors (Lipinski definition) is 3. The van der Waals surface area contributed by atoms with E-state index in [1.165, 1.54) is 0 Å². The van der Waals surface area contributed by atoms with Gasteiger partial charge in [0, 0.05) is 32.5 Å². The minimum Gasteiger partial charge on any atom is -0.457 e. The average Bonchev–Trinajstić information content (AvgIpc) is 2.84. The highest BCUT2D eigenvalue weighted by Gasteiger charge is 2.11. The number of amides is 2. The fourth-order valence-corrected chi connectivity index (χ4v) is 3.68. The number of aryl methyl sites for hydroxylation is 2. The zero-order chi connectivity index (χ0) is 24.9. The van der Waals surface area contributed by atoms with E-state index in [0.29, 0.717) is 44.0 Å². The Balaban J connectivity index is 1.38. The summed E-state index contributed by atoms with van der Waals surface area (Å²) < 4.78 is 5.86. The summed E-state index contributed by atoms with van der Waals surface area (Å²) in [6.45, 7) is 3.80. The zero-order valence-corrected chi connectivity index (χ0v) is 20.6. The molecule has 2 N–H and O–H groups in total. The first kappa shape index (κ1) is 24.3. The first-order chi connectivity index (χ1) is 16.8. The van der Waals surface area contributed by atoms with Crippen molar-refractivity contribution in [2.75, 3.05) is 10.6 Å². The Kier molecular flexibility index (Phi) is 7.39. The number of benzene rings is 4. The maximum absolute atomic E-state index is 12.6. The van der Waals surface area contributed by atoms with E-state index < -0.39 is 0 Å². The number of nitrogens with one attached hydrogen (secondary N) is 2. The molecule has 0 aromatic heterocycles. The molecule has 4 aromatic carbocycles. The molecule has 4 rings (SSSR count). The Labute approximate surface area is 213 Å². The number of hydrogen-bond donors (Lipinski definition) is 2. The van der Waals surface area contributed by atoms with Gasteiger partial charge < -0.3 is 15.4 Å². The Hall–Kier alpha value is -3.80. The fourth-order valence-electron chi connectivity index (χ4n) is 3.33. The second-order valence-electron chi connectivity index (χ2n) is 7.98. The van der Waals surface area contributed by atoms with Gasteiger partial charge in [0.15, 0.2) is 0 Å². The van der Waals surface area contributed by atoms with Crippen LogP contribution in [-0.4, -0.2) is 11.8 Å². The van der Waals surface area contributed by atoms with Crippen LogP contribution >= 0.6 is 23.2 Å². The lowest BCUT2D eigenvalue weighted by Crippen LogP contribution is -2.12. The van der Waals surface area contributed by atoms with Crippen LogP contribution in [0.1, 0.15) is 31.8 Å². The van der Waals surface area contributed by atoms with Crippen molar-refractivity contribution < 1.29 is 14.3 Å². The SMILES string of the molecule is Cc1ccc(Cl)cc1NC(=O)c1ccc(Oc2ccc(C(=O)Nc3cc(Cl)ccc3C)cc2)cc1. The molecule has 0 saturated heterocycles. The van der Waals surface area contributed by atoms with Gasteiger partial charge in [-0.1, -0.05) is 35.3 Å². The second-order valence-corrected chi connectivity index (χ2v) is 8.85. The summed E-state index contributed by atoms with van der Waals surface area (Å²) >= 11 is 12.0. The van der Waals surface area contributed by atoms with Crippen LogP contribution in [0.2, 0.25) is 10.0 Å². The van der Waals surface area contributed by atoms with Crippen molar-refractivity contribution in [3.8, 4) is 11.5 Å². The van der Waals surface area contributed by atoms with Gasteiger partial charge in [0.1, 0.15) is 11.5 Å². The molecular formula is C28H22Cl2N2O3. The van der Waals surface area contributed by atoms with Crippen LogP contribution < -0.4 is 15.4 Å². The summed E-state index contributed by atoms with van der Waals surface area (Å²) in [7, 11) is 0. The molecule has 35 heavy (non-hydrogen) atoms. The number of carbonyl (C=O) groups is 2. The number of halogens is 2. The normalized spacial score (nSPS) is 10.5. The van der Waals surface area contributed by atoms with Crippen LogP contribution in [-0.2, 0) is 0 Å². The van der Waals surface area contributed by atoms with Gasteiger partial charge in [0.05, 0.1) is 0 Å². The Morgan fingerprint density at radius 1 is 0.600 bits per heavy atom. The lowest BCUT2D eigenvalue weighted by atomic mass is 10.1. The van der Waals surface area contributed by atoms with Crippen LogP contribution in [0.3, 0.4) is 0 Å². The van der Waals surface area contributed by atoms with Gasteiger partial charge in [-0.05, 0) is 97.8 Å². The predicted molar refractivity (Wildman–Crippen MR) is 141 cm³/mol. The summed E-state index contributed by atoms with van der Waals surface area (Å²) in [5, 5.41) is 6.84. The van der Waals surface area contributed by atoms with Crippen molar-refractivity contribution in [3.63, 3.8) is 0 Å². The molecule has 0 saturated carbocycles. The molecule has 0 atom stereocenters. The second kappa shape index (κ2) is 10.6. The average molecular weight is 505 g/mol. The molecule has 2 amide bonds. The van der Waals surface area contributed by atoms with E-state index >= 15 is 0 Å². The highest BCUT2D eigenvalue weighted by Crippen LogP contribution is 2.25. The quantitative estimate of drug-likeness (QED) is 0.280. The minimum atomic E-state index is -0.243. The largest absolute Gasteiger partial charge is 0.457 e. The summed E-state index contributed by atoms with van der Waals surface area (Å²) in [6, 6.07) is 24.2. The van der Waals surface area contributed by atoms with E-state index in [-0.39, 0.29) is 11.8 Å². The Bertz CT molecular complexity index is 1280. The van der Waals surface area contributed by atoms with Crippen LogP contribution in [0, 0.1) is 13.8 Å². The standard InChI is InChI=1S/C28H22Cl2N2O3/c1-17-3-9-21(29)15-25(17)31-27(33)19-5-11-23(12-6-19)35-24-13-7-20(8-14-24)28(34)32-26-16-22(30)10-4-18(26)2/h3-16H,1-2H3,(H,31,33)(H,32,34).